The average Bonchev–Trinajstić information content (AvgIpc) is 3.09. The predicted octanol–water partition coefficient (Wildman–Crippen LogP) is 4.69. The highest BCUT2D eigenvalue weighted by Gasteiger charge is 2.51. The smallest absolute Gasteiger partial charge is 0.393 e. The molecule has 8 atom stereocenters. The van der Waals surface area contributed by atoms with Crippen molar-refractivity contribution in [2.24, 2.45) is 0 Å². The van der Waals surface area contributed by atoms with E-state index in [2.05, 4.69) is 19.2 Å². The summed E-state index contributed by atoms with van der Waals surface area (Å²) < 4.78 is 22.7. The van der Waals surface area contributed by atoms with Crippen LogP contribution in [0.1, 0.15) is 155 Å². The first kappa shape index (κ1) is 48.1. The van der Waals surface area contributed by atoms with Crippen molar-refractivity contribution in [2.45, 2.75) is 210 Å². The monoisotopic (exact) mass is 753 g/mol. The van der Waals surface area contributed by atoms with E-state index >= 15 is 0 Å². The molecule has 1 rings (SSSR count). The molecule has 0 heterocycles. The van der Waals surface area contributed by atoms with Gasteiger partial charge in [-0.3, -0.25) is 13.8 Å². The number of carbonyl (C=O) groups is 1. The second kappa shape index (κ2) is 28.5. The Morgan fingerprint density at radius 3 is 1.61 bits per heavy atom. The van der Waals surface area contributed by atoms with Crippen LogP contribution >= 0.6 is 7.82 Å². The number of unbranched alkanes of at least 4 members (excludes halogenated alkanes) is 18. The van der Waals surface area contributed by atoms with Gasteiger partial charge in [0.2, 0.25) is 5.91 Å². The summed E-state index contributed by atoms with van der Waals surface area (Å²) in [4.78, 5) is 23.2. The molecule has 0 aliphatic heterocycles. The molecule has 13 nitrogen and oxygen atoms in total. The van der Waals surface area contributed by atoms with Crippen molar-refractivity contribution in [2.75, 3.05) is 6.61 Å². The van der Waals surface area contributed by atoms with Gasteiger partial charge >= 0.3 is 7.82 Å². The molecule has 1 aliphatic carbocycles. The van der Waals surface area contributed by atoms with Gasteiger partial charge in [0.15, 0.2) is 0 Å². The summed E-state index contributed by atoms with van der Waals surface area (Å²) in [5.41, 5.74) is 0. The third-order valence-electron chi connectivity index (χ3n) is 9.62. The van der Waals surface area contributed by atoms with E-state index in [0.29, 0.717) is 12.8 Å². The Morgan fingerprint density at radius 1 is 0.686 bits per heavy atom. The fourth-order valence-corrected chi connectivity index (χ4v) is 7.26. The molecule has 14 heteroatoms. The maximum Gasteiger partial charge on any atom is 0.472 e. The molecule has 1 aliphatic rings. The van der Waals surface area contributed by atoms with Gasteiger partial charge in [-0.25, -0.2) is 4.57 Å². The molecule has 51 heavy (non-hydrogen) atoms. The Bertz CT molecular complexity index is 943. The molecule has 0 aromatic carbocycles. The Hall–Kier alpha value is -0.960. The molecule has 1 fully saturated rings. The average molecular weight is 754 g/mol. The van der Waals surface area contributed by atoms with Crippen LogP contribution in [-0.4, -0.2) is 108 Å². The van der Waals surface area contributed by atoms with Crippen LogP contribution in [0.2, 0.25) is 0 Å². The molecular weight excluding hydrogens is 681 g/mol. The molecule has 0 aromatic heterocycles. The lowest BCUT2D eigenvalue weighted by Crippen LogP contribution is -2.64. The summed E-state index contributed by atoms with van der Waals surface area (Å²) in [6.45, 7) is 3.64. The Morgan fingerprint density at radius 2 is 1.12 bits per heavy atom. The van der Waals surface area contributed by atoms with Gasteiger partial charge in [-0.2, -0.15) is 0 Å². The summed E-state index contributed by atoms with van der Waals surface area (Å²) in [5, 5.41) is 73.9. The molecule has 302 valence electrons. The van der Waals surface area contributed by atoms with Crippen LogP contribution in [0, 0.1) is 0 Å². The molecular formula is C37H72NO12P. The summed E-state index contributed by atoms with van der Waals surface area (Å²) in [5.74, 6) is -0.596. The van der Waals surface area contributed by atoms with E-state index < -0.39 is 75.2 Å². The standard InChI is InChI=1S/C37H72NO12P/c1-3-5-7-9-11-13-14-15-16-17-18-20-22-24-28(39)26-31(41)38-29(30(40)25-23-21-19-12-10-8-6-4-2)27-49-51(47,48)50-37-35(45)33(43)32(42)34(44)36(37)46/h23,25,28-30,32-37,39-40,42-46H,3-22,24,26-27H2,1-2H3,(H,38,41)(H,47,48)/b25-23+. The lowest BCUT2D eigenvalue weighted by Gasteiger charge is -2.41. The topological polar surface area (TPSA) is 226 Å². The molecule has 0 aromatic rings. The number of amides is 1. The van der Waals surface area contributed by atoms with Crippen LogP contribution in [-0.2, 0) is 18.4 Å². The van der Waals surface area contributed by atoms with Crippen molar-refractivity contribution in [1.82, 2.24) is 5.32 Å². The van der Waals surface area contributed by atoms with Crippen LogP contribution in [0.15, 0.2) is 12.2 Å². The fraction of sp³-hybridized carbons (Fsp3) is 0.919. The maximum atomic E-state index is 12.9. The van der Waals surface area contributed by atoms with Gasteiger partial charge in [-0.05, 0) is 19.3 Å². The van der Waals surface area contributed by atoms with E-state index in [0.717, 1.165) is 57.8 Å². The van der Waals surface area contributed by atoms with Gasteiger partial charge < -0.3 is 46.0 Å². The minimum Gasteiger partial charge on any atom is -0.393 e. The molecule has 0 spiro atoms. The van der Waals surface area contributed by atoms with Crippen molar-refractivity contribution in [3.05, 3.63) is 12.2 Å². The molecule has 0 saturated heterocycles. The maximum absolute atomic E-state index is 12.9. The predicted molar refractivity (Wildman–Crippen MR) is 197 cm³/mol. The SMILES string of the molecule is CCCCCCCC/C=C/C(O)C(COP(=O)(O)OC1C(O)C(O)C(O)C(O)C1O)NC(=O)CC(O)CCCCCCCCCCCCCCC. The van der Waals surface area contributed by atoms with Crippen LogP contribution in [0.4, 0.5) is 0 Å². The van der Waals surface area contributed by atoms with Gasteiger partial charge in [-0.15, -0.1) is 0 Å². The van der Waals surface area contributed by atoms with Crippen LogP contribution in [0.25, 0.3) is 0 Å². The number of hydrogen-bond acceptors (Lipinski definition) is 11. The number of rotatable bonds is 31. The van der Waals surface area contributed by atoms with Crippen LogP contribution in [0.3, 0.4) is 0 Å². The lowest BCUT2D eigenvalue weighted by molar-refractivity contribution is -0.220. The molecule has 1 saturated carbocycles. The number of phosphoric acid groups is 1. The summed E-state index contributed by atoms with van der Waals surface area (Å²) >= 11 is 0. The molecule has 0 bridgehead atoms. The van der Waals surface area contributed by atoms with E-state index in [-0.39, 0.29) is 6.42 Å². The van der Waals surface area contributed by atoms with Crippen molar-refractivity contribution in [3.63, 3.8) is 0 Å². The van der Waals surface area contributed by atoms with E-state index in [4.69, 9.17) is 9.05 Å². The van der Waals surface area contributed by atoms with Gasteiger partial charge in [0.25, 0.3) is 0 Å². The number of hydrogen-bond donors (Lipinski definition) is 9. The van der Waals surface area contributed by atoms with Gasteiger partial charge in [-0.1, -0.05) is 142 Å². The third-order valence-corrected chi connectivity index (χ3v) is 10.6. The molecule has 1 amide bonds. The number of phosphoric ester groups is 1. The van der Waals surface area contributed by atoms with Gasteiger partial charge in [0.05, 0.1) is 31.3 Å². The number of aliphatic hydroxyl groups is 7. The summed E-state index contributed by atoms with van der Waals surface area (Å²) in [7, 11) is -5.12. The van der Waals surface area contributed by atoms with Crippen molar-refractivity contribution in [3.8, 4) is 0 Å². The number of aliphatic hydroxyl groups excluding tert-OH is 7. The first-order chi connectivity index (χ1) is 24.3. The number of allylic oxidation sites excluding steroid dienone is 1. The fourth-order valence-electron chi connectivity index (χ4n) is 6.30. The highest BCUT2D eigenvalue weighted by molar-refractivity contribution is 7.47. The highest BCUT2D eigenvalue weighted by Crippen LogP contribution is 2.47. The minimum absolute atomic E-state index is 0.241. The van der Waals surface area contributed by atoms with E-state index in [1.807, 2.05) is 0 Å². The first-order valence-electron chi connectivity index (χ1n) is 19.7. The minimum atomic E-state index is -5.12. The van der Waals surface area contributed by atoms with E-state index in [1.165, 1.54) is 70.3 Å². The van der Waals surface area contributed by atoms with Crippen molar-refractivity contribution >= 4 is 13.7 Å². The Labute approximate surface area is 306 Å². The Kier molecular flexibility index (Phi) is 26.8. The number of nitrogens with one attached hydrogen (secondary N) is 1. The zero-order valence-electron chi connectivity index (χ0n) is 31.3. The molecule has 9 N–H and O–H groups in total. The second-order valence-corrected chi connectivity index (χ2v) is 15.7. The normalized spacial score (nSPS) is 25.5. The number of carbonyl (C=O) groups excluding carboxylic acids is 1. The third kappa shape index (κ3) is 21.5. The molecule has 8 unspecified atom stereocenters. The van der Waals surface area contributed by atoms with Crippen molar-refractivity contribution in [1.29, 1.82) is 0 Å². The largest absolute Gasteiger partial charge is 0.472 e. The van der Waals surface area contributed by atoms with Crippen LogP contribution in [0.5, 0.6) is 0 Å². The van der Waals surface area contributed by atoms with Gasteiger partial charge in [0, 0.05) is 0 Å². The zero-order chi connectivity index (χ0) is 38.1. The summed E-state index contributed by atoms with van der Waals surface area (Å²) in [6, 6.07) is -1.23. The van der Waals surface area contributed by atoms with E-state index in [1.54, 1.807) is 6.08 Å². The van der Waals surface area contributed by atoms with Gasteiger partial charge in [0.1, 0.15) is 36.6 Å². The van der Waals surface area contributed by atoms with Crippen LogP contribution < -0.4 is 5.32 Å². The zero-order valence-corrected chi connectivity index (χ0v) is 32.2. The summed E-state index contributed by atoms with van der Waals surface area (Å²) in [6.07, 6.45) is 12.0. The Balaban J connectivity index is 2.60. The van der Waals surface area contributed by atoms with E-state index in [9.17, 15) is 50.0 Å². The quantitative estimate of drug-likeness (QED) is 0.0267. The van der Waals surface area contributed by atoms with Crippen molar-refractivity contribution < 1.29 is 59.0 Å². The molecule has 0 radical (unpaired) electrons. The second-order valence-electron chi connectivity index (χ2n) is 14.3. The highest BCUT2D eigenvalue weighted by atomic mass is 31.2. The first-order valence-corrected chi connectivity index (χ1v) is 21.2. The lowest BCUT2D eigenvalue weighted by atomic mass is 9.85.